The molecule has 2 saturated heterocycles. The summed E-state index contributed by atoms with van der Waals surface area (Å²) in [5.41, 5.74) is 0.801. The summed E-state index contributed by atoms with van der Waals surface area (Å²) in [4.78, 5) is 17.8. The van der Waals surface area contributed by atoms with Crippen molar-refractivity contribution in [2.24, 2.45) is 0 Å². The lowest BCUT2D eigenvalue weighted by Crippen LogP contribution is -2.54. The number of anilines is 1. The zero-order valence-corrected chi connectivity index (χ0v) is 21.5. The molecule has 5 rings (SSSR count). The van der Waals surface area contributed by atoms with Crippen molar-refractivity contribution in [3.63, 3.8) is 0 Å². The second-order valence-corrected chi connectivity index (χ2v) is 10.6. The molecule has 3 aliphatic rings. The van der Waals surface area contributed by atoms with Crippen LogP contribution in [0.2, 0.25) is 5.02 Å². The molecule has 190 valence electrons. The maximum absolute atomic E-state index is 12.8. The second kappa shape index (κ2) is 11.0. The first-order valence-electron chi connectivity index (χ1n) is 13.1. The lowest BCUT2D eigenvalue weighted by atomic mass is 9.93. The average Bonchev–Trinajstić information content (AvgIpc) is 3.15. The Morgan fingerprint density at radius 1 is 1.11 bits per heavy atom. The summed E-state index contributed by atoms with van der Waals surface area (Å²) < 4.78 is 6.05. The number of ether oxygens (including phenoxy) is 1. The van der Waals surface area contributed by atoms with Crippen molar-refractivity contribution in [1.29, 1.82) is 5.26 Å². The fourth-order valence-electron chi connectivity index (χ4n) is 5.88. The normalized spacial score (nSPS) is 25.9. The van der Waals surface area contributed by atoms with Gasteiger partial charge in [0.05, 0.1) is 16.7 Å². The highest BCUT2D eigenvalue weighted by Gasteiger charge is 2.40. The van der Waals surface area contributed by atoms with Crippen LogP contribution in [-0.2, 0) is 0 Å². The predicted octanol–water partition coefficient (Wildman–Crippen LogP) is 4.18. The Bertz CT molecular complexity index is 1100. The Balaban J connectivity index is 1.11. The van der Waals surface area contributed by atoms with Crippen LogP contribution in [0.1, 0.15) is 67.9 Å². The first kappa shape index (κ1) is 24.8. The smallest absolute Gasteiger partial charge is 0.272 e. The number of nitrogens with one attached hydrogen (secondary N) is 1. The third-order valence-electron chi connectivity index (χ3n) is 7.62. The van der Waals surface area contributed by atoms with Gasteiger partial charge in [0, 0.05) is 37.3 Å². The molecule has 1 saturated carbocycles. The fraction of sp³-hybridized carbons (Fsp3) is 0.556. The molecule has 2 aliphatic heterocycles. The van der Waals surface area contributed by atoms with E-state index in [9.17, 15) is 4.79 Å². The van der Waals surface area contributed by atoms with Gasteiger partial charge in [-0.3, -0.25) is 9.69 Å². The number of hydrogen-bond donors (Lipinski definition) is 1. The van der Waals surface area contributed by atoms with E-state index in [1.807, 2.05) is 6.07 Å². The topological polar surface area (TPSA) is 94.4 Å². The molecule has 9 heteroatoms. The number of halogens is 1. The van der Waals surface area contributed by atoms with Crippen LogP contribution in [-0.4, -0.2) is 64.9 Å². The van der Waals surface area contributed by atoms with Crippen LogP contribution in [0, 0.1) is 11.3 Å². The van der Waals surface area contributed by atoms with E-state index in [0.29, 0.717) is 34.1 Å². The number of amides is 1. The van der Waals surface area contributed by atoms with Crippen molar-refractivity contribution in [2.75, 3.05) is 24.5 Å². The van der Waals surface area contributed by atoms with Gasteiger partial charge in [-0.1, -0.05) is 18.5 Å². The number of likely N-dealkylation sites (tertiary alicyclic amines) is 1. The molecule has 0 spiro atoms. The van der Waals surface area contributed by atoms with Gasteiger partial charge in [-0.15, -0.1) is 10.2 Å². The molecule has 2 atom stereocenters. The molecule has 2 aromatic rings. The fourth-order valence-corrected chi connectivity index (χ4v) is 6.10. The molecule has 2 unspecified atom stereocenters. The predicted molar refractivity (Wildman–Crippen MR) is 138 cm³/mol. The average molecular weight is 509 g/mol. The summed E-state index contributed by atoms with van der Waals surface area (Å²) in [6, 6.07) is 12.0. The molecule has 2 bridgehead atoms. The molecule has 0 radical (unpaired) electrons. The Morgan fingerprint density at radius 2 is 1.86 bits per heavy atom. The van der Waals surface area contributed by atoms with Crippen molar-refractivity contribution in [1.82, 2.24) is 20.4 Å². The molecule has 36 heavy (non-hydrogen) atoms. The van der Waals surface area contributed by atoms with Gasteiger partial charge in [0.2, 0.25) is 0 Å². The number of nitrogens with zero attached hydrogens (tertiary/aromatic N) is 5. The van der Waals surface area contributed by atoms with E-state index >= 15 is 0 Å². The zero-order valence-electron chi connectivity index (χ0n) is 20.7. The Hall–Kier alpha value is -2.89. The van der Waals surface area contributed by atoms with E-state index in [4.69, 9.17) is 21.6 Å². The summed E-state index contributed by atoms with van der Waals surface area (Å²) in [5.74, 6) is 1.38. The molecule has 8 nitrogen and oxygen atoms in total. The summed E-state index contributed by atoms with van der Waals surface area (Å²) in [7, 11) is 0. The highest BCUT2D eigenvalue weighted by molar-refractivity contribution is 6.31. The minimum absolute atomic E-state index is 0.0643. The lowest BCUT2D eigenvalue weighted by molar-refractivity contribution is 0.0888. The third-order valence-corrected chi connectivity index (χ3v) is 7.93. The Kier molecular flexibility index (Phi) is 7.59. The largest absolute Gasteiger partial charge is 0.490 e. The van der Waals surface area contributed by atoms with Crippen LogP contribution in [0.5, 0.6) is 5.75 Å². The van der Waals surface area contributed by atoms with Crippen LogP contribution < -0.4 is 15.0 Å². The van der Waals surface area contributed by atoms with Gasteiger partial charge >= 0.3 is 0 Å². The summed E-state index contributed by atoms with van der Waals surface area (Å²) in [6.07, 6.45) is 6.96. The summed E-state index contributed by atoms with van der Waals surface area (Å²) in [5, 5.41) is 21.3. The highest BCUT2D eigenvalue weighted by atomic mass is 35.5. The summed E-state index contributed by atoms with van der Waals surface area (Å²) >= 11 is 6.11. The van der Waals surface area contributed by atoms with Gasteiger partial charge in [-0.25, -0.2) is 0 Å². The molecule has 1 aliphatic carbocycles. The Morgan fingerprint density at radius 3 is 2.47 bits per heavy atom. The van der Waals surface area contributed by atoms with Crippen molar-refractivity contribution >= 4 is 23.3 Å². The first-order valence-corrected chi connectivity index (χ1v) is 13.4. The number of rotatable bonds is 7. The van der Waals surface area contributed by atoms with E-state index < -0.39 is 0 Å². The van der Waals surface area contributed by atoms with E-state index in [1.165, 1.54) is 19.3 Å². The number of piperazine rings is 1. The van der Waals surface area contributed by atoms with E-state index in [1.54, 1.807) is 24.3 Å². The van der Waals surface area contributed by atoms with Crippen molar-refractivity contribution in [3.05, 3.63) is 46.6 Å². The van der Waals surface area contributed by atoms with Gasteiger partial charge in [0.15, 0.2) is 11.5 Å². The molecule has 3 heterocycles. The standard InChI is InChI=1S/C27H33ClN6O2/c1-2-13-33-16-20-6-7-21(17-33)34(20)26-12-11-25(31-32-26)27(35)30-19-4-9-22(10-5-19)36-23-8-3-18(15-29)24(28)14-23/h3,8,11-12,14,19-22H,2,4-7,9-10,13,16-17H2,1H3,(H,30,35). The minimum atomic E-state index is -0.173. The number of hydrogen-bond acceptors (Lipinski definition) is 7. The molecule has 1 aromatic carbocycles. The van der Waals surface area contributed by atoms with Crippen molar-refractivity contribution in [3.8, 4) is 11.8 Å². The van der Waals surface area contributed by atoms with Crippen LogP contribution in [0.15, 0.2) is 30.3 Å². The van der Waals surface area contributed by atoms with Crippen LogP contribution in [0.3, 0.4) is 0 Å². The zero-order chi connectivity index (χ0) is 25.1. The molecular formula is C27H33ClN6O2. The minimum Gasteiger partial charge on any atom is -0.490 e. The third kappa shape index (κ3) is 5.42. The summed E-state index contributed by atoms with van der Waals surface area (Å²) in [6.45, 7) is 5.55. The number of benzene rings is 1. The highest BCUT2D eigenvalue weighted by Crippen LogP contribution is 2.33. The van der Waals surface area contributed by atoms with E-state index in [0.717, 1.165) is 51.1 Å². The monoisotopic (exact) mass is 508 g/mol. The Labute approximate surface area is 217 Å². The molecule has 1 aromatic heterocycles. The van der Waals surface area contributed by atoms with Crippen LogP contribution in [0.25, 0.3) is 0 Å². The number of carbonyl (C=O) groups excluding carboxylic acids is 1. The van der Waals surface area contributed by atoms with Crippen LogP contribution in [0.4, 0.5) is 5.82 Å². The number of aromatic nitrogens is 2. The maximum Gasteiger partial charge on any atom is 0.272 e. The quantitative estimate of drug-likeness (QED) is 0.599. The van der Waals surface area contributed by atoms with E-state index in [-0.39, 0.29) is 18.1 Å². The molecule has 1 amide bonds. The van der Waals surface area contributed by atoms with Gasteiger partial charge in [0.25, 0.3) is 5.91 Å². The molecule has 1 N–H and O–H groups in total. The number of nitriles is 1. The SMILES string of the molecule is CCCN1CC2CCC(C1)N2c1ccc(C(=O)NC2CCC(Oc3ccc(C#N)c(Cl)c3)CC2)nn1. The van der Waals surface area contributed by atoms with Crippen LogP contribution >= 0.6 is 11.6 Å². The molecule has 3 fully saturated rings. The van der Waals surface area contributed by atoms with Crippen molar-refractivity contribution in [2.45, 2.75) is 76.1 Å². The van der Waals surface area contributed by atoms with Gasteiger partial charge in [0.1, 0.15) is 11.8 Å². The molecular weight excluding hydrogens is 476 g/mol. The maximum atomic E-state index is 12.8. The van der Waals surface area contributed by atoms with Gasteiger partial charge < -0.3 is 15.0 Å². The number of carbonyl (C=O) groups is 1. The van der Waals surface area contributed by atoms with Crippen molar-refractivity contribution < 1.29 is 9.53 Å². The van der Waals surface area contributed by atoms with Gasteiger partial charge in [-0.2, -0.15) is 5.26 Å². The number of fused-ring (bicyclic) bond motifs is 2. The lowest BCUT2D eigenvalue weighted by Gasteiger charge is -2.41. The second-order valence-electron chi connectivity index (χ2n) is 10.1. The van der Waals surface area contributed by atoms with E-state index in [2.05, 4.69) is 38.3 Å². The van der Waals surface area contributed by atoms with Gasteiger partial charge in [-0.05, 0) is 75.8 Å². The first-order chi connectivity index (χ1) is 17.5.